The van der Waals surface area contributed by atoms with E-state index in [0.29, 0.717) is 5.56 Å². The van der Waals surface area contributed by atoms with Crippen molar-refractivity contribution in [3.63, 3.8) is 0 Å². The second-order valence-electron chi connectivity index (χ2n) is 7.65. The molecular weight excluding hydrogens is 320 g/mol. The maximum atomic E-state index is 11.3. The van der Waals surface area contributed by atoms with Crippen molar-refractivity contribution in [2.24, 2.45) is 11.3 Å². The molecule has 142 valence electrons. The van der Waals surface area contributed by atoms with Gasteiger partial charge < -0.3 is 5.11 Å². The predicted octanol–water partition coefficient (Wildman–Crippen LogP) is 5.11. The molecule has 5 heteroatoms. The average molecular weight is 352 g/mol. The average Bonchev–Trinajstić information content (AvgIpc) is 2.53. The molecule has 0 amide bonds. The van der Waals surface area contributed by atoms with Gasteiger partial charge in [-0.15, -0.1) is 0 Å². The molecule has 1 atom stereocenters. The van der Waals surface area contributed by atoms with Crippen molar-refractivity contribution >= 4 is 11.9 Å². The van der Waals surface area contributed by atoms with Crippen molar-refractivity contribution in [2.75, 3.05) is 0 Å². The lowest BCUT2D eigenvalue weighted by atomic mass is 9.78. The molecule has 0 spiro atoms. The van der Waals surface area contributed by atoms with Crippen molar-refractivity contribution in [3.05, 3.63) is 35.9 Å². The van der Waals surface area contributed by atoms with Crippen LogP contribution in [0.5, 0.6) is 0 Å². The highest BCUT2D eigenvalue weighted by molar-refractivity contribution is 5.88. The van der Waals surface area contributed by atoms with E-state index in [1.165, 1.54) is 0 Å². The summed E-state index contributed by atoms with van der Waals surface area (Å²) in [6.07, 6.45) is 2.04. The largest absolute Gasteiger partial charge is 0.481 e. The smallest absolute Gasteiger partial charge is 0.373 e. The Balaban J connectivity index is 0.000000477. The van der Waals surface area contributed by atoms with E-state index in [4.69, 9.17) is 9.99 Å². The van der Waals surface area contributed by atoms with E-state index in [-0.39, 0.29) is 5.92 Å². The number of carboxylic acid groups (broad SMARTS) is 1. The Labute approximate surface area is 151 Å². The number of carbonyl (C=O) groups excluding carboxylic acids is 1. The van der Waals surface area contributed by atoms with Crippen LogP contribution >= 0.6 is 0 Å². The van der Waals surface area contributed by atoms with Gasteiger partial charge in [0.15, 0.2) is 0 Å². The van der Waals surface area contributed by atoms with Gasteiger partial charge in [0.05, 0.1) is 11.0 Å². The van der Waals surface area contributed by atoms with E-state index in [1.807, 2.05) is 33.8 Å². The van der Waals surface area contributed by atoms with Gasteiger partial charge >= 0.3 is 11.9 Å². The van der Waals surface area contributed by atoms with E-state index in [0.717, 1.165) is 12.8 Å². The monoisotopic (exact) mass is 352 g/mol. The molecule has 0 radical (unpaired) electrons. The summed E-state index contributed by atoms with van der Waals surface area (Å²) in [5.74, 6) is -0.913. The zero-order valence-corrected chi connectivity index (χ0v) is 16.5. The molecule has 0 aliphatic rings. The number of hydrogen-bond acceptors (Lipinski definition) is 4. The number of carboxylic acids is 1. The van der Waals surface area contributed by atoms with Crippen molar-refractivity contribution in [2.45, 2.75) is 66.9 Å². The Kier molecular flexibility index (Phi) is 9.42. The second-order valence-corrected chi connectivity index (χ2v) is 7.65. The van der Waals surface area contributed by atoms with Gasteiger partial charge in [-0.25, -0.2) is 4.79 Å². The van der Waals surface area contributed by atoms with Crippen LogP contribution in [0, 0.1) is 11.3 Å². The normalized spacial score (nSPS) is 12.6. The van der Waals surface area contributed by atoms with Crippen LogP contribution in [-0.2, 0) is 14.6 Å². The van der Waals surface area contributed by atoms with Crippen molar-refractivity contribution < 1.29 is 24.5 Å². The molecule has 1 aromatic rings. The molecular formula is C20H32O5. The number of hydrogen-bond donors (Lipinski definition) is 1. The first-order valence-corrected chi connectivity index (χ1v) is 8.60. The standard InChI is InChI=1S/C11H14O3.C9H18O2/c1-11(2,3)14-13-10(12)9-7-5-4-6-8-9;1-5-6-7(2)9(3,4)8(10)11/h4-8H,1-3H3;7H,5-6H2,1-4H3,(H,10,11). The van der Waals surface area contributed by atoms with E-state index in [9.17, 15) is 9.59 Å². The first-order chi connectivity index (χ1) is 11.4. The summed E-state index contributed by atoms with van der Waals surface area (Å²) < 4.78 is 0. The highest BCUT2D eigenvalue weighted by Gasteiger charge is 2.32. The molecule has 0 aliphatic carbocycles. The van der Waals surface area contributed by atoms with Gasteiger partial charge in [0.2, 0.25) is 0 Å². The van der Waals surface area contributed by atoms with Gasteiger partial charge in [-0.3, -0.25) is 9.68 Å². The van der Waals surface area contributed by atoms with Gasteiger partial charge in [-0.2, -0.15) is 4.89 Å². The first-order valence-electron chi connectivity index (χ1n) is 8.60. The number of rotatable bonds is 6. The van der Waals surface area contributed by atoms with Gasteiger partial charge in [0.1, 0.15) is 5.60 Å². The van der Waals surface area contributed by atoms with Gasteiger partial charge in [-0.05, 0) is 59.1 Å². The van der Waals surface area contributed by atoms with E-state index in [1.54, 1.807) is 38.1 Å². The Morgan fingerprint density at radius 2 is 1.60 bits per heavy atom. The van der Waals surface area contributed by atoms with Crippen LogP contribution in [0.1, 0.15) is 71.7 Å². The molecule has 0 aromatic heterocycles. The number of aliphatic carboxylic acids is 1. The summed E-state index contributed by atoms with van der Waals surface area (Å²) in [5, 5.41) is 8.84. The van der Waals surface area contributed by atoms with Crippen LogP contribution in [0.15, 0.2) is 30.3 Å². The lowest BCUT2D eigenvalue weighted by Crippen LogP contribution is -2.30. The van der Waals surface area contributed by atoms with Crippen LogP contribution in [0.4, 0.5) is 0 Å². The molecule has 1 aromatic carbocycles. The van der Waals surface area contributed by atoms with E-state index < -0.39 is 23.0 Å². The number of carbonyl (C=O) groups is 2. The molecule has 0 heterocycles. The SMILES string of the molecule is CC(C)(C)OOC(=O)c1ccccc1.CCCC(C)C(C)(C)C(=O)O. The third-order valence-corrected chi connectivity index (χ3v) is 3.88. The molecule has 0 bridgehead atoms. The highest BCUT2D eigenvalue weighted by atomic mass is 17.2. The maximum absolute atomic E-state index is 11.3. The predicted molar refractivity (Wildman–Crippen MR) is 98.2 cm³/mol. The van der Waals surface area contributed by atoms with Crippen LogP contribution < -0.4 is 0 Å². The molecule has 0 saturated heterocycles. The minimum absolute atomic E-state index is 0.255. The maximum Gasteiger partial charge on any atom is 0.373 e. The van der Waals surface area contributed by atoms with Crippen LogP contribution in [0.25, 0.3) is 0 Å². The fraction of sp³-hybridized carbons (Fsp3) is 0.600. The molecule has 1 N–H and O–H groups in total. The summed E-state index contributed by atoms with van der Waals surface area (Å²) in [6.45, 7) is 13.1. The molecule has 5 nitrogen and oxygen atoms in total. The molecule has 0 aliphatic heterocycles. The van der Waals surface area contributed by atoms with Crippen molar-refractivity contribution in [3.8, 4) is 0 Å². The van der Waals surface area contributed by atoms with Gasteiger partial charge in [0.25, 0.3) is 0 Å². The first kappa shape index (κ1) is 23.1. The highest BCUT2D eigenvalue weighted by Crippen LogP contribution is 2.29. The van der Waals surface area contributed by atoms with E-state index in [2.05, 4.69) is 11.8 Å². The summed E-state index contributed by atoms with van der Waals surface area (Å²) >= 11 is 0. The summed E-state index contributed by atoms with van der Waals surface area (Å²) in [4.78, 5) is 31.6. The van der Waals surface area contributed by atoms with E-state index >= 15 is 0 Å². The summed E-state index contributed by atoms with van der Waals surface area (Å²) in [6, 6.07) is 8.73. The topological polar surface area (TPSA) is 72.8 Å². The van der Waals surface area contributed by atoms with Crippen LogP contribution in [0.3, 0.4) is 0 Å². The fourth-order valence-electron chi connectivity index (χ4n) is 1.79. The Morgan fingerprint density at radius 3 is 2.00 bits per heavy atom. The zero-order valence-electron chi connectivity index (χ0n) is 16.5. The van der Waals surface area contributed by atoms with Crippen LogP contribution in [-0.4, -0.2) is 22.6 Å². The lowest BCUT2D eigenvalue weighted by molar-refractivity contribution is -0.301. The minimum atomic E-state index is -0.696. The molecule has 1 unspecified atom stereocenters. The Morgan fingerprint density at radius 1 is 1.08 bits per heavy atom. The molecule has 1 rings (SSSR count). The van der Waals surface area contributed by atoms with Crippen molar-refractivity contribution in [1.29, 1.82) is 0 Å². The third kappa shape index (κ3) is 9.25. The van der Waals surface area contributed by atoms with Gasteiger partial charge in [0, 0.05) is 0 Å². The molecule has 0 saturated carbocycles. The van der Waals surface area contributed by atoms with Crippen molar-refractivity contribution in [1.82, 2.24) is 0 Å². The van der Waals surface area contributed by atoms with Crippen LogP contribution in [0.2, 0.25) is 0 Å². The Bertz CT molecular complexity index is 529. The molecule has 0 fully saturated rings. The second kappa shape index (κ2) is 10.2. The quantitative estimate of drug-likeness (QED) is 0.569. The van der Waals surface area contributed by atoms with Gasteiger partial charge in [-0.1, -0.05) is 38.5 Å². The molecule has 25 heavy (non-hydrogen) atoms. The Hall–Kier alpha value is -1.88. The minimum Gasteiger partial charge on any atom is -0.481 e. The fourth-order valence-corrected chi connectivity index (χ4v) is 1.79. The summed E-state index contributed by atoms with van der Waals surface area (Å²) in [5.41, 5.74) is -0.572. The zero-order chi connectivity index (χ0) is 19.7. The lowest BCUT2D eigenvalue weighted by Gasteiger charge is -2.26. The summed E-state index contributed by atoms with van der Waals surface area (Å²) in [7, 11) is 0. The number of benzene rings is 1. The third-order valence-electron chi connectivity index (χ3n) is 3.88.